The predicted molar refractivity (Wildman–Crippen MR) is 85.5 cm³/mol. The van der Waals surface area contributed by atoms with E-state index < -0.39 is 6.10 Å². The van der Waals surface area contributed by atoms with Crippen molar-refractivity contribution < 1.29 is 28.9 Å². The highest BCUT2D eigenvalue weighted by molar-refractivity contribution is 5.74. The first-order chi connectivity index (χ1) is 11.5. The number of aliphatic hydroxyl groups is 1. The molecule has 2 fully saturated rings. The summed E-state index contributed by atoms with van der Waals surface area (Å²) in [6.45, 7) is 3.23. The molecule has 2 aliphatic rings. The second-order valence-electron chi connectivity index (χ2n) is 6.30. The topological polar surface area (TPSA) is 97.3 Å². The number of nitrogens with zero attached hydrogens (tertiary/aromatic N) is 1. The number of amides is 2. The Bertz CT molecular complexity index is 433. The van der Waals surface area contributed by atoms with Gasteiger partial charge in [-0.1, -0.05) is 6.92 Å². The molecule has 138 valence electrons. The van der Waals surface area contributed by atoms with Crippen LogP contribution >= 0.6 is 0 Å². The van der Waals surface area contributed by atoms with Crippen LogP contribution in [0.4, 0.5) is 4.79 Å². The average Bonchev–Trinajstić information content (AvgIpc) is 2.56. The van der Waals surface area contributed by atoms with Gasteiger partial charge >= 0.3 is 12.0 Å². The highest BCUT2D eigenvalue weighted by Crippen LogP contribution is 2.27. The molecule has 2 rings (SSSR count). The Balaban J connectivity index is 2.05. The fraction of sp³-hybridized carbons (Fsp3) is 0.875. The van der Waals surface area contributed by atoms with Gasteiger partial charge in [0.05, 0.1) is 51.5 Å². The SMILES string of the molecule is CCCNC(=O)N1C[C@@H](O)COC[C@@H]2O[C@H](CC(=O)OC)CC[C@H]21. The van der Waals surface area contributed by atoms with E-state index in [-0.39, 0.29) is 56.4 Å². The predicted octanol–water partition coefficient (Wildman–Crippen LogP) is 0.278. The normalized spacial score (nSPS) is 30.7. The summed E-state index contributed by atoms with van der Waals surface area (Å²) < 4.78 is 16.2. The van der Waals surface area contributed by atoms with E-state index in [9.17, 15) is 14.7 Å². The van der Waals surface area contributed by atoms with Gasteiger partial charge in [-0.3, -0.25) is 4.79 Å². The molecule has 0 unspecified atom stereocenters. The molecule has 0 spiro atoms. The van der Waals surface area contributed by atoms with Gasteiger partial charge in [0.25, 0.3) is 0 Å². The molecule has 2 N–H and O–H groups in total. The summed E-state index contributed by atoms with van der Waals surface area (Å²) in [5.74, 6) is -0.307. The number of urea groups is 1. The van der Waals surface area contributed by atoms with Crippen LogP contribution in [0.1, 0.15) is 32.6 Å². The Morgan fingerprint density at radius 1 is 1.33 bits per heavy atom. The standard InChI is InChI=1S/C16H28N2O6/c1-3-6-17-16(21)18-8-11(19)9-23-10-14-13(18)5-4-12(24-14)7-15(20)22-2/h11-14,19H,3-10H2,1-2H3,(H,17,21)/t11-,12+,13-,14+/m1/s1. The molecule has 24 heavy (non-hydrogen) atoms. The minimum absolute atomic E-state index is 0.159. The summed E-state index contributed by atoms with van der Waals surface area (Å²) in [5, 5.41) is 12.9. The van der Waals surface area contributed by atoms with Gasteiger partial charge < -0.3 is 29.5 Å². The molecule has 2 aliphatic heterocycles. The molecular weight excluding hydrogens is 316 g/mol. The van der Waals surface area contributed by atoms with Gasteiger partial charge in [0.15, 0.2) is 0 Å². The summed E-state index contributed by atoms with van der Waals surface area (Å²) in [7, 11) is 1.36. The van der Waals surface area contributed by atoms with Crippen LogP contribution in [0, 0.1) is 0 Å². The molecule has 2 saturated heterocycles. The highest BCUT2D eigenvalue weighted by atomic mass is 16.6. The van der Waals surface area contributed by atoms with E-state index in [4.69, 9.17) is 14.2 Å². The number of carbonyl (C=O) groups excluding carboxylic acids is 2. The van der Waals surface area contributed by atoms with Crippen molar-refractivity contribution >= 4 is 12.0 Å². The summed E-state index contributed by atoms with van der Waals surface area (Å²) in [6, 6.07) is -0.367. The smallest absolute Gasteiger partial charge is 0.317 e. The Morgan fingerprint density at radius 3 is 2.83 bits per heavy atom. The molecule has 4 atom stereocenters. The fourth-order valence-corrected chi connectivity index (χ4v) is 3.18. The summed E-state index contributed by atoms with van der Waals surface area (Å²) >= 11 is 0. The van der Waals surface area contributed by atoms with Crippen LogP contribution in [0.15, 0.2) is 0 Å². The molecule has 0 bridgehead atoms. The van der Waals surface area contributed by atoms with Gasteiger partial charge in [0.2, 0.25) is 0 Å². The maximum absolute atomic E-state index is 12.5. The van der Waals surface area contributed by atoms with E-state index in [0.29, 0.717) is 19.4 Å². The molecule has 2 heterocycles. The minimum Gasteiger partial charge on any atom is -0.469 e. The zero-order valence-electron chi connectivity index (χ0n) is 14.4. The average molecular weight is 344 g/mol. The third-order valence-electron chi connectivity index (χ3n) is 4.39. The molecule has 8 nitrogen and oxygen atoms in total. The number of β-amino-alcohol motifs (C(OH)–C–C–N with tert-alkyl or cyclic N) is 1. The van der Waals surface area contributed by atoms with Crippen molar-refractivity contribution in [1.29, 1.82) is 0 Å². The van der Waals surface area contributed by atoms with Crippen molar-refractivity contribution in [3.05, 3.63) is 0 Å². The third-order valence-corrected chi connectivity index (χ3v) is 4.39. The van der Waals surface area contributed by atoms with Crippen molar-refractivity contribution in [2.45, 2.75) is 57.0 Å². The lowest BCUT2D eigenvalue weighted by Crippen LogP contribution is -2.59. The Labute approximate surface area is 142 Å². The molecule has 0 radical (unpaired) electrons. The van der Waals surface area contributed by atoms with Crippen LogP contribution in [0.3, 0.4) is 0 Å². The summed E-state index contributed by atoms with van der Waals surface area (Å²) in [4.78, 5) is 25.6. The highest BCUT2D eigenvalue weighted by Gasteiger charge is 2.40. The van der Waals surface area contributed by atoms with E-state index in [1.54, 1.807) is 4.90 Å². The second-order valence-corrected chi connectivity index (χ2v) is 6.30. The van der Waals surface area contributed by atoms with Crippen LogP contribution in [0.2, 0.25) is 0 Å². The fourth-order valence-electron chi connectivity index (χ4n) is 3.18. The van der Waals surface area contributed by atoms with Crippen LogP contribution in [-0.2, 0) is 19.0 Å². The first kappa shape index (κ1) is 19.0. The second kappa shape index (κ2) is 9.19. The number of carbonyl (C=O) groups is 2. The van der Waals surface area contributed by atoms with Crippen molar-refractivity contribution in [2.24, 2.45) is 0 Å². The van der Waals surface area contributed by atoms with Gasteiger partial charge in [-0.05, 0) is 19.3 Å². The van der Waals surface area contributed by atoms with Crippen molar-refractivity contribution in [3.63, 3.8) is 0 Å². The molecule has 0 aromatic heterocycles. The molecular formula is C16H28N2O6. The first-order valence-electron chi connectivity index (χ1n) is 8.57. The van der Waals surface area contributed by atoms with E-state index in [1.807, 2.05) is 6.92 Å². The number of hydrogen-bond donors (Lipinski definition) is 2. The Morgan fingerprint density at radius 2 is 2.12 bits per heavy atom. The van der Waals surface area contributed by atoms with Crippen molar-refractivity contribution in [2.75, 3.05) is 33.4 Å². The number of esters is 1. The number of methoxy groups -OCH3 is 1. The molecule has 0 saturated carbocycles. The van der Waals surface area contributed by atoms with E-state index in [1.165, 1.54) is 7.11 Å². The number of fused-ring (bicyclic) bond motifs is 1. The van der Waals surface area contributed by atoms with E-state index in [0.717, 1.165) is 6.42 Å². The van der Waals surface area contributed by atoms with E-state index in [2.05, 4.69) is 5.32 Å². The summed E-state index contributed by atoms with van der Waals surface area (Å²) in [5.41, 5.74) is 0. The van der Waals surface area contributed by atoms with Crippen LogP contribution in [-0.4, -0.2) is 79.8 Å². The molecule has 0 aromatic rings. The number of rotatable bonds is 4. The first-order valence-corrected chi connectivity index (χ1v) is 8.57. The maximum atomic E-state index is 12.5. The maximum Gasteiger partial charge on any atom is 0.317 e. The molecule has 8 heteroatoms. The molecule has 0 aromatic carbocycles. The monoisotopic (exact) mass is 344 g/mol. The molecule has 2 amide bonds. The summed E-state index contributed by atoms with van der Waals surface area (Å²) in [6.07, 6.45) is 1.14. The largest absolute Gasteiger partial charge is 0.469 e. The quantitative estimate of drug-likeness (QED) is 0.711. The van der Waals surface area contributed by atoms with E-state index >= 15 is 0 Å². The Kier molecular flexibility index (Phi) is 7.26. The van der Waals surface area contributed by atoms with Gasteiger partial charge in [-0.25, -0.2) is 4.79 Å². The van der Waals surface area contributed by atoms with Crippen LogP contribution < -0.4 is 5.32 Å². The Hall–Kier alpha value is -1.38. The van der Waals surface area contributed by atoms with Crippen molar-refractivity contribution in [1.82, 2.24) is 10.2 Å². The lowest BCUT2D eigenvalue weighted by Gasteiger charge is -2.44. The minimum atomic E-state index is -0.717. The van der Waals surface area contributed by atoms with Crippen molar-refractivity contribution in [3.8, 4) is 0 Å². The van der Waals surface area contributed by atoms with Gasteiger partial charge in [0.1, 0.15) is 6.10 Å². The number of nitrogens with one attached hydrogen (secondary N) is 1. The van der Waals surface area contributed by atoms with Gasteiger partial charge in [0, 0.05) is 6.54 Å². The number of hydrogen-bond acceptors (Lipinski definition) is 6. The third kappa shape index (κ3) is 5.06. The van der Waals surface area contributed by atoms with Gasteiger partial charge in [-0.2, -0.15) is 0 Å². The molecule has 0 aliphatic carbocycles. The zero-order chi connectivity index (χ0) is 17.5. The van der Waals surface area contributed by atoms with Crippen LogP contribution in [0.5, 0.6) is 0 Å². The lowest BCUT2D eigenvalue weighted by atomic mass is 9.95. The van der Waals surface area contributed by atoms with Crippen LogP contribution in [0.25, 0.3) is 0 Å². The lowest BCUT2D eigenvalue weighted by molar-refractivity contribution is -0.159. The van der Waals surface area contributed by atoms with Gasteiger partial charge in [-0.15, -0.1) is 0 Å². The number of aliphatic hydroxyl groups excluding tert-OH is 1. The zero-order valence-corrected chi connectivity index (χ0v) is 14.4. The number of ether oxygens (including phenoxy) is 3.